The van der Waals surface area contributed by atoms with Crippen molar-refractivity contribution in [2.24, 2.45) is 0 Å². The minimum atomic E-state index is -0.851. The monoisotopic (exact) mass is 283 g/mol. The predicted molar refractivity (Wildman–Crippen MR) is 75.9 cm³/mol. The van der Waals surface area contributed by atoms with Gasteiger partial charge in [-0.3, -0.25) is 4.90 Å². The van der Waals surface area contributed by atoms with Crippen molar-refractivity contribution in [3.8, 4) is 0 Å². The van der Waals surface area contributed by atoms with Gasteiger partial charge in [0, 0.05) is 26.2 Å². The Morgan fingerprint density at radius 2 is 2.16 bits per heavy atom. The maximum absolute atomic E-state index is 11.2. The summed E-state index contributed by atoms with van der Waals surface area (Å²) in [6.45, 7) is 8.09. The van der Waals surface area contributed by atoms with Crippen LogP contribution in [0.25, 0.3) is 0 Å². The van der Waals surface area contributed by atoms with Crippen molar-refractivity contribution in [2.45, 2.75) is 32.7 Å². The summed E-state index contributed by atoms with van der Waals surface area (Å²) < 4.78 is 0. The molecule has 1 aliphatic rings. The molecule has 19 heavy (non-hydrogen) atoms. The quantitative estimate of drug-likeness (QED) is 0.862. The van der Waals surface area contributed by atoms with E-state index in [0.29, 0.717) is 11.3 Å². The number of rotatable bonds is 5. The van der Waals surface area contributed by atoms with E-state index < -0.39 is 5.97 Å². The molecule has 0 radical (unpaired) electrons. The Balaban J connectivity index is 2.24. The van der Waals surface area contributed by atoms with E-state index in [1.54, 1.807) is 0 Å². The number of hydrogen-bond donors (Lipinski definition) is 2. The first kappa shape index (κ1) is 14.4. The third-order valence-corrected chi connectivity index (χ3v) is 4.69. The first-order valence-electron chi connectivity index (χ1n) is 6.85. The molecule has 1 saturated heterocycles. The summed E-state index contributed by atoms with van der Waals surface area (Å²) in [6.07, 6.45) is 1.64. The fourth-order valence-corrected chi connectivity index (χ4v) is 3.71. The minimum absolute atomic E-state index is 0.255. The molecule has 0 aliphatic carbocycles. The number of hydrogen-bond acceptors (Lipinski definition) is 5. The lowest BCUT2D eigenvalue weighted by molar-refractivity contribution is 0.0701. The van der Waals surface area contributed by atoms with Crippen molar-refractivity contribution < 1.29 is 9.90 Å². The van der Waals surface area contributed by atoms with E-state index in [4.69, 9.17) is 0 Å². The van der Waals surface area contributed by atoms with Crippen LogP contribution in [0.15, 0.2) is 0 Å². The number of aromatic carboxylic acids is 1. The number of thiazole rings is 1. The highest BCUT2D eigenvalue weighted by molar-refractivity contribution is 7.13. The van der Waals surface area contributed by atoms with Gasteiger partial charge in [-0.05, 0) is 12.8 Å². The Morgan fingerprint density at radius 3 is 2.63 bits per heavy atom. The molecule has 2 rings (SSSR count). The summed E-state index contributed by atoms with van der Waals surface area (Å²) in [7, 11) is 0. The highest BCUT2D eigenvalue weighted by Gasteiger charge is 2.26. The van der Waals surface area contributed by atoms with Crippen LogP contribution in [0, 0.1) is 0 Å². The molecule has 1 aromatic rings. The van der Waals surface area contributed by atoms with E-state index in [9.17, 15) is 9.90 Å². The maximum Gasteiger partial charge on any atom is 0.347 e. The average Bonchev–Trinajstić information content (AvgIpc) is 2.85. The molecule has 0 spiro atoms. The zero-order chi connectivity index (χ0) is 13.8. The minimum Gasteiger partial charge on any atom is -0.477 e. The normalized spacial score (nSPS) is 18.4. The van der Waals surface area contributed by atoms with Crippen molar-refractivity contribution in [3.63, 3.8) is 0 Å². The van der Waals surface area contributed by atoms with Gasteiger partial charge in [0.25, 0.3) is 0 Å². The smallest absolute Gasteiger partial charge is 0.347 e. The summed E-state index contributed by atoms with van der Waals surface area (Å²) in [6, 6.07) is 0.255. The molecule has 0 saturated carbocycles. The van der Waals surface area contributed by atoms with E-state index in [2.05, 4.69) is 22.1 Å². The van der Waals surface area contributed by atoms with Crippen molar-refractivity contribution in [2.75, 3.05) is 26.2 Å². The number of carboxylic acids is 1. The molecule has 0 aromatic carbocycles. The van der Waals surface area contributed by atoms with Gasteiger partial charge < -0.3 is 10.4 Å². The number of carbonyl (C=O) groups is 1. The number of aromatic nitrogens is 1. The summed E-state index contributed by atoms with van der Waals surface area (Å²) in [5.74, 6) is -0.851. The van der Waals surface area contributed by atoms with Gasteiger partial charge in [-0.15, -0.1) is 11.3 Å². The van der Waals surface area contributed by atoms with Crippen molar-refractivity contribution in [1.29, 1.82) is 0 Å². The van der Waals surface area contributed by atoms with Crippen molar-refractivity contribution >= 4 is 17.3 Å². The van der Waals surface area contributed by atoms with E-state index in [1.807, 2.05) is 6.92 Å². The molecular weight excluding hydrogens is 262 g/mol. The number of nitrogens with zero attached hydrogens (tertiary/aromatic N) is 2. The Labute approximate surface area is 117 Å². The lowest BCUT2D eigenvalue weighted by Gasteiger charge is -2.33. The fourth-order valence-electron chi connectivity index (χ4n) is 2.50. The molecule has 1 unspecified atom stereocenters. The van der Waals surface area contributed by atoms with Gasteiger partial charge in [0.05, 0.1) is 11.7 Å². The first-order valence-corrected chi connectivity index (χ1v) is 7.66. The molecule has 0 amide bonds. The highest BCUT2D eigenvalue weighted by atomic mass is 32.1. The van der Waals surface area contributed by atoms with Gasteiger partial charge in [0.15, 0.2) is 0 Å². The third-order valence-electron chi connectivity index (χ3n) is 3.51. The lowest BCUT2D eigenvalue weighted by Crippen LogP contribution is -2.45. The molecule has 106 valence electrons. The van der Waals surface area contributed by atoms with Crippen molar-refractivity contribution in [3.05, 3.63) is 15.6 Å². The second-order valence-electron chi connectivity index (χ2n) is 4.70. The van der Waals surface area contributed by atoms with Gasteiger partial charge in [-0.25, -0.2) is 9.78 Å². The van der Waals surface area contributed by atoms with Crippen LogP contribution in [0.1, 0.15) is 46.7 Å². The molecule has 0 bridgehead atoms. The molecule has 1 atom stereocenters. The van der Waals surface area contributed by atoms with Gasteiger partial charge in [0.2, 0.25) is 0 Å². The lowest BCUT2D eigenvalue weighted by atomic mass is 10.1. The van der Waals surface area contributed by atoms with Crippen LogP contribution in [-0.2, 0) is 6.42 Å². The third kappa shape index (κ3) is 3.13. The summed E-state index contributed by atoms with van der Waals surface area (Å²) in [5.41, 5.74) is 0.723. The maximum atomic E-state index is 11.2. The largest absolute Gasteiger partial charge is 0.477 e. The van der Waals surface area contributed by atoms with Gasteiger partial charge >= 0.3 is 5.97 Å². The van der Waals surface area contributed by atoms with Gasteiger partial charge in [-0.1, -0.05) is 13.8 Å². The van der Waals surface area contributed by atoms with E-state index in [0.717, 1.165) is 43.3 Å². The van der Waals surface area contributed by atoms with Crippen LogP contribution < -0.4 is 5.32 Å². The second kappa shape index (κ2) is 6.45. The molecule has 2 N–H and O–H groups in total. The molecular formula is C13H21N3O2S. The molecule has 2 heterocycles. The van der Waals surface area contributed by atoms with E-state index in [-0.39, 0.29) is 6.04 Å². The summed E-state index contributed by atoms with van der Waals surface area (Å²) in [4.78, 5) is 18.6. The zero-order valence-corrected chi connectivity index (χ0v) is 12.3. The number of nitrogens with one attached hydrogen (secondary N) is 1. The second-order valence-corrected chi connectivity index (χ2v) is 5.73. The Hall–Kier alpha value is -0.980. The number of carboxylic acid groups (broad SMARTS) is 1. The fraction of sp³-hybridized carbons (Fsp3) is 0.692. The number of aryl methyl sites for hydroxylation is 1. The van der Waals surface area contributed by atoms with E-state index in [1.165, 1.54) is 11.3 Å². The average molecular weight is 283 g/mol. The molecule has 1 fully saturated rings. The van der Waals surface area contributed by atoms with Crippen LogP contribution in [0.5, 0.6) is 0 Å². The van der Waals surface area contributed by atoms with Crippen LogP contribution in [0.2, 0.25) is 0 Å². The first-order chi connectivity index (χ1) is 9.17. The standard InChI is InChI=1S/C13H21N3O2S/c1-3-9-11(13(17)18)19-12(15-9)10(4-2)16-7-5-14-6-8-16/h10,14H,3-8H2,1-2H3,(H,17,18). The molecule has 1 aromatic heterocycles. The summed E-state index contributed by atoms with van der Waals surface area (Å²) in [5, 5.41) is 13.5. The molecule has 1 aliphatic heterocycles. The molecule has 6 heteroatoms. The topological polar surface area (TPSA) is 65.5 Å². The summed E-state index contributed by atoms with van der Waals surface area (Å²) >= 11 is 1.35. The SMILES string of the molecule is CCc1nc(C(CC)N2CCNCC2)sc1C(=O)O. The van der Waals surface area contributed by atoms with Crippen LogP contribution >= 0.6 is 11.3 Å². The Bertz CT molecular complexity index is 441. The highest BCUT2D eigenvalue weighted by Crippen LogP contribution is 2.30. The molecule has 5 nitrogen and oxygen atoms in total. The predicted octanol–water partition coefficient (Wildman–Crippen LogP) is 1.76. The Morgan fingerprint density at radius 1 is 1.47 bits per heavy atom. The van der Waals surface area contributed by atoms with Crippen molar-refractivity contribution in [1.82, 2.24) is 15.2 Å². The van der Waals surface area contributed by atoms with Crippen LogP contribution in [0.4, 0.5) is 0 Å². The Kier molecular flexibility index (Phi) is 4.90. The van der Waals surface area contributed by atoms with Crippen LogP contribution in [0.3, 0.4) is 0 Å². The van der Waals surface area contributed by atoms with Crippen LogP contribution in [-0.4, -0.2) is 47.1 Å². The van der Waals surface area contributed by atoms with E-state index >= 15 is 0 Å². The number of piperazine rings is 1. The van der Waals surface area contributed by atoms with Gasteiger partial charge in [-0.2, -0.15) is 0 Å². The zero-order valence-electron chi connectivity index (χ0n) is 11.5. The van der Waals surface area contributed by atoms with Gasteiger partial charge in [0.1, 0.15) is 9.88 Å².